The van der Waals surface area contributed by atoms with Gasteiger partial charge in [-0.3, -0.25) is 10.1 Å². The summed E-state index contributed by atoms with van der Waals surface area (Å²) in [6, 6.07) is 4.90. The van der Waals surface area contributed by atoms with Crippen molar-refractivity contribution in [1.82, 2.24) is 0 Å². The first-order valence-corrected chi connectivity index (χ1v) is 4.67. The number of aliphatic hydroxyl groups excluding tert-OH is 2. The lowest BCUT2D eigenvalue weighted by Gasteiger charge is -2.15. The van der Waals surface area contributed by atoms with Crippen molar-refractivity contribution in [1.29, 1.82) is 5.26 Å². The number of nitrogens with zero attached hydrogens (tertiary/aromatic N) is 2. The summed E-state index contributed by atoms with van der Waals surface area (Å²) >= 11 is 0. The van der Waals surface area contributed by atoms with Gasteiger partial charge in [0.2, 0.25) is 0 Å². The summed E-state index contributed by atoms with van der Waals surface area (Å²) < 4.78 is 0. The Balaban J connectivity index is 2.98. The van der Waals surface area contributed by atoms with Crippen molar-refractivity contribution in [3.8, 4) is 11.8 Å². The molecule has 0 radical (unpaired) electrons. The van der Waals surface area contributed by atoms with Crippen LogP contribution in [0.3, 0.4) is 0 Å². The molecule has 0 aliphatic carbocycles. The molecule has 0 aliphatic heterocycles. The first-order valence-electron chi connectivity index (χ1n) is 4.67. The quantitative estimate of drug-likeness (QED) is 0.520. The third-order valence-electron chi connectivity index (χ3n) is 2.20. The van der Waals surface area contributed by atoms with Gasteiger partial charge in [-0.05, 0) is 17.7 Å². The lowest BCUT2D eigenvalue weighted by molar-refractivity contribution is -0.385. The van der Waals surface area contributed by atoms with E-state index < -0.39 is 28.6 Å². The first-order chi connectivity index (χ1) is 7.97. The van der Waals surface area contributed by atoms with Gasteiger partial charge >= 0.3 is 5.69 Å². The van der Waals surface area contributed by atoms with E-state index in [9.17, 15) is 25.4 Å². The Kier molecular flexibility index (Phi) is 3.98. The largest absolute Gasteiger partial charge is 0.502 e. The Hall–Kier alpha value is -2.17. The molecule has 0 saturated carbocycles. The molecule has 0 fully saturated rings. The van der Waals surface area contributed by atoms with Gasteiger partial charge in [-0.25, -0.2) is 0 Å². The summed E-state index contributed by atoms with van der Waals surface area (Å²) in [7, 11) is 0. The fraction of sp³-hybridized carbons (Fsp3) is 0.300. The number of nitro groups is 1. The van der Waals surface area contributed by atoms with Crippen molar-refractivity contribution in [2.45, 2.75) is 18.6 Å². The van der Waals surface area contributed by atoms with E-state index in [1.54, 1.807) is 6.07 Å². The molecule has 0 aromatic heterocycles. The van der Waals surface area contributed by atoms with E-state index in [4.69, 9.17) is 5.26 Å². The summed E-state index contributed by atoms with van der Waals surface area (Å²) in [4.78, 5) is 9.66. The molecule has 2 atom stereocenters. The number of hydrogen-bond acceptors (Lipinski definition) is 6. The van der Waals surface area contributed by atoms with Crippen LogP contribution in [0, 0.1) is 21.4 Å². The van der Waals surface area contributed by atoms with E-state index in [2.05, 4.69) is 0 Å². The lowest BCUT2D eigenvalue weighted by atomic mass is 10.0. The predicted molar refractivity (Wildman–Crippen MR) is 56.0 cm³/mol. The van der Waals surface area contributed by atoms with Crippen LogP contribution in [0.5, 0.6) is 5.75 Å². The van der Waals surface area contributed by atoms with E-state index >= 15 is 0 Å². The normalized spacial score (nSPS) is 13.7. The van der Waals surface area contributed by atoms with Gasteiger partial charge in [0, 0.05) is 6.07 Å². The molecule has 1 aromatic carbocycles. The highest BCUT2D eigenvalue weighted by atomic mass is 16.6. The number of nitro benzene ring substituents is 1. The van der Waals surface area contributed by atoms with Crippen molar-refractivity contribution in [2.75, 3.05) is 0 Å². The van der Waals surface area contributed by atoms with Crippen LogP contribution < -0.4 is 0 Å². The molecule has 3 N–H and O–H groups in total. The number of phenolic OH excluding ortho intramolecular Hbond substituents is 1. The number of phenols is 1. The van der Waals surface area contributed by atoms with Gasteiger partial charge in [0.1, 0.15) is 6.10 Å². The van der Waals surface area contributed by atoms with Crippen LogP contribution in [-0.4, -0.2) is 26.3 Å². The zero-order valence-electron chi connectivity index (χ0n) is 8.65. The van der Waals surface area contributed by atoms with Crippen molar-refractivity contribution in [3.05, 3.63) is 33.9 Å². The minimum atomic E-state index is -1.37. The van der Waals surface area contributed by atoms with Crippen LogP contribution in [0.4, 0.5) is 5.69 Å². The van der Waals surface area contributed by atoms with E-state index in [1.807, 2.05) is 0 Å². The smallest absolute Gasteiger partial charge is 0.310 e. The highest BCUT2D eigenvalue weighted by molar-refractivity contribution is 5.47. The van der Waals surface area contributed by atoms with Gasteiger partial charge in [0.25, 0.3) is 0 Å². The van der Waals surface area contributed by atoms with Crippen LogP contribution in [0.2, 0.25) is 0 Å². The number of aliphatic hydroxyl groups is 2. The predicted octanol–water partition coefficient (Wildman–Crippen LogP) is 0.608. The van der Waals surface area contributed by atoms with Crippen LogP contribution in [0.25, 0.3) is 0 Å². The molecule has 17 heavy (non-hydrogen) atoms. The Bertz CT molecular complexity index is 468. The van der Waals surface area contributed by atoms with Gasteiger partial charge in [0.15, 0.2) is 5.75 Å². The molecule has 7 nitrogen and oxygen atoms in total. The lowest BCUT2D eigenvalue weighted by Crippen LogP contribution is -2.17. The maximum atomic E-state index is 10.4. The van der Waals surface area contributed by atoms with E-state index in [-0.39, 0.29) is 12.0 Å². The van der Waals surface area contributed by atoms with Crippen molar-refractivity contribution in [2.24, 2.45) is 0 Å². The third kappa shape index (κ3) is 2.90. The van der Waals surface area contributed by atoms with Gasteiger partial charge in [-0.2, -0.15) is 5.26 Å². The SMILES string of the molecule is N#CCC(O)C(O)c1ccc([N+](=O)[O-])c(O)c1. The molecule has 1 rings (SSSR count). The van der Waals surface area contributed by atoms with Gasteiger partial charge in [0.05, 0.1) is 23.5 Å². The standard InChI is InChI=1S/C10H10N2O5/c11-4-3-8(13)10(15)6-1-2-7(12(16)17)9(14)5-6/h1-2,5,8,10,13-15H,3H2. The monoisotopic (exact) mass is 238 g/mol. The van der Waals surface area contributed by atoms with Crippen LogP contribution >= 0.6 is 0 Å². The second-order valence-corrected chi connectivity index (χ2v) is 3.38. The zero-order valence-corrected chi connectivity index (χ0v) is 8.65. The summed E-state index contributed by atoms with van der Waals surface area (Å²) in [5, 5.41) is 47.0. The molecule has 0 aliphatic rings. The van der Waals surface area contributed by atoms with Crippen LogP contribution in [0.1, 0.15) is 18.1 Å². The molecular formula is C10H10N2O5. The topological polar surface area (TPSA) is 128 Å². The molecule has 7 heteroatoms. The second-order valence-electron chi connectivity index (χ2n) is 3.38. The summed E-state index contributed by atoms with van der Waals surface area (Å²) in [5.41, 5.74) is -0.383. The number of benzene rings is 1. The summed E-state index contributed by atoms with van der Waals surface area (Å²) in [6.45, 7) is 0. The number of rotatable bonds is 4. The molecule has 0 bridgehead atoms. The molecule has 0 heterocycles. The van der Waals surface area contributed by atoms with Gasteiger partial charge < -0.3 is 15.3 Å². The molecule has 1 aromatic rings. The third-order valence-corrected chi connectivity index (χ3v) is 2.20. The van der Waals surface area contributed by atoms with Crippen molar-refractivity contribution >= 4 is 5.69 Å². The Morgan fingerprint density at radius 3 is 2.59 bits per heavy atom. The highest BCUT2D eigenvalue weighted by Gasteiger charge is 2.21. The van der Waals surface area contributed by atoms with Crippen LogP contribution in [-0.2, 0) is 0 Å². The van der Waals surface area contributed by atoms with Gasteiger partial charge in [-0.1, -0.05) is 0 Å². The summed E-state index contributed by atoms with van der Waals surface area (Å²) in [6.07, 6.45) is -2.96. The highest BCUT2D eigenvalue weighted by Crippen LogP contribution is 2.30. The number of nitriles is 1. The number of hydrogen-bond donors (Lipinski definition) is 3. The van der Waals surface area contributed by atoms with E-state index in [0.717, 1.165) is 12.1 Å². The maximum Gasteiger partial charge on any atom is 0.310 e. The maximum absolute atomic E-state index is 10.4. The second kappa shape index (κ2) is 5.25. The average Bonchev–Trinajstić information content (AvgIpc) is 2.27. The Morgan fingerprint density at radius 2 is 2.12 bits per heavy atom. The first kappa shape index (κ1) is 12.9. The Morgan fingerprint density at radius 1 is 1.47 bits per heavy atom. The van der Waals surface area contributed by atoms with E-state index in [0.29, 0.717) is 0 Å². The molecule has 0 saturated heterocycles. The minimum Gasteiger partial charge on any atom is -0.502 e. The summed E-state index contributed by atoms with van der Waals surface area (Å²) in [5.74, 6) is -0.601. The molecule has 0 amide bonds. The Labute approximate surface area is 96.3 Å². The fourth-order valence-corrected chi connectivity index (χ4v) is 1.31. The molecular weight excluding hydrogens is 228 g/mol. The van der Waals surface area contributed by atoms with E-state index in [1.165, 1.54) is 6.07 Å². The molecule has 90 valence electrons. The van der Waals surface area contributed by atoms with Crippen LogP contribution in [0.15, 0.2) is 18.2 Å². The average molecular weight is 238 g/mol. The molecule has 0 spiro atoms. The zero-order chi connectivity index (χ0) is 13.0. The molecule has 2 unspecified atom stereocenters. The fourth-order valence-electron chi connectivity index (χ4n) is 1.31. The number of aromatic hydroxyl groups is 1. The van der Waals surface area contributed by atoms with Gasteiger partial charge in [-0.15, -0.1) is 0 Å². The van der Waals surface area contributed by atoms with Crippen molar-refractivity contribution in [3.63, 3.8) is 0 Å². The minimum absolute atomic E-state index is 0.107. The van der Waals surface area contributed by atoms with Crippen molar-refractivity contribution < 1.29 is 20.2 Å².